The number of benzene rings is 3. The summed E-state index contributed by atoms with van der Waals surface area (Å²) in [7, 11) is -3.39. The highest BCUT2D eigenvalue weighted by Crippen LogP contribution is 2.14. The third kappa shape index (κ3) is 8.96. The number of amides is 1. The van der Waals surface area contributed by atoms with E-state index in [1.165, 1.54) is 11.6 Å². The van der Waals surface area contributed by atoms with Crippen molar-refractivity contribution in [3.8, 4) is 5.75 Å². The number of sulfonamides is 1. The van der Waals surface area contributed by atoms with Gasteiger partial charge in [0.05, 0.1) is 12.9 Å². The molecule has 3 N–H and O–H groups in total. The van der Waals surface area contributed by atoms with Gasteiger partial charge in [0.2, 0.25) is 10.0 Å². The second kappa shape index (κ2) is 12.0. The van der Waals surface area contributed by atoms with Gasteiger partial charge in [-0.2, -0.15) is 0 Å². The molecule has 1 amide bonds. The fraction of sp³-hybridized carbons (Fsp3) is 0.240. The van der Waals surface area contributed by atoms with Gasteiger partial charge >= 0.3 is 0 Å². The van der Waals surface area contributed by atoms with Crippen molar-refractivity contribution in [2.24, 2.45) is 0 Å². The molecule has 0 atom stereocenters. The van der Waals surface area contributed by atoms with Gasteiger partial charge in [0.1, 0.15) is 5.75 Å². The van der Waals surface area contributed by atoms with E-state index in [1.54, 1.807) is 18.2 Å². The summed E-state index contributed by atoms with van der Waals surface area (Å²) in [6.07, 6.45) is 1.71. The summed E-state index contributed by atoms with van der Waals surface area (Å²) >= 11 is 0. The van der Waals surface area contributed by atoms with Crippen LogP contribution in [0, 0.1) is 0 Å². The molecule has 0 fully saturated rings. The molecule has 174 valence electrons. The van der Waals surface area contributed by atoms with Crippen molar-refractivity contribution in [1.29, 1.82) is 0 Å². The van der Waals surface area contributed by atoms with Crippen molar-refractivity contribution in [2.45, 2.75) is 19.5 Å². The molecule has 0 unspecified atom stereocenters. The van der Waals surface area contributed by atoms with E-state index in [0.717, 1.165) is 30.7 Å². The first-order chi connectivity index (χ1) is 15.9. The molecule has 3 aromatic carbocycles. The predicted molar refractivity (Wildman–Crippen MR) is 131 cm³/mol. The SMILES string of the molecule is CS(=O)(=O)Nc1cccc(C(=O)NCCCOc2cccc(CNCc3ccccc3)c2)c1. The van der Waals surface area contributed by atoms with Crippen molar-refractivity contribution in [2.75, 3.05) is 24.1 Å². The average molecular weight is 468 g/mol. The zero-order valence-electron chi connectivity index (χ0n) is 18.6. The zero-order chi connectivity index (χ0) is 23.5. The Morgan fingerprint density at radius 1 is 0.879 bits per heavy atom. The maximum atomic E-state index is 12.3. The topological polar surface area (TPSA) is 96.5 Å². The van der Waals surface area contributed by atoms with E-state index in [0.29, 0.717) is 30.8 Å². The molecule has 0 aliphatic rings. The minimum atomic E-state index is -3.39. The molecule has 0 aliphatic carbocycles. The molecule has 0 heterocycles. The van der Waals surface area contributed by atoms with E-state index in [4.69, 9.17) is 4.74 Å². The van der Waals surface area contributed by atoms with Crippen molar-refractivity contribution < 1.29 is 17.9 Å². The number of anilines is 1. The van der Waals surface area contributed by atoms with Gasteiger partial charge in [0.15, 0.2) is 0 Å². The van der Waals surface area contributed by atoms with Crippen molar-refractivity contribution in [1.82, 2.24) is 10.6 Å². The molecule has 33 heavy (non-hydrogen) atoms. The van der Waals surface area contributed by atoms with Crippen LogP contribution in [0.5, 0.6) is 5.75 Å². The summed E-state index contributed by atoms with van der Waals surface area (Å²) in [5.74, 6) is 0.526. The number of hydrogen-bond acceptors (Lipinski definition) is 5. The lowest BCUT2D eigenvalue weighted by Gasteiger charge is -2.10. The Hall–Kier alpha value is -3.36. The summed E-state index contributed by atoms with van der Waals surface area (Å²) in [4.78, 5) is 12.3. The van der Waals surface area contributed by atoms with Crippen LogP contribution in [0.25, 0.3) is 0 Å². The molecule has 0 saturated carbocycles. The molecule has 0 radical (unpaired) electrons. The molecule has 8 heteroatoms. The molecule has 0 aromatic heterocycles. The second-order valence-electron chi connectivity index (χ2n) is 7.65. The van der Waals surface area contributed by atoms with E-state index in [2.05, 4.69) is 33.6 Å². The number of carbonyl (C=O) groups is 1. The summed E-state index contributed by atoms with van der Waals surface area (Å²) in [6, 6.07) is 24.6. The minimum Gasteiger partial charge on any atom is -0.494 e. The first kappa shape index (κ1) is 24.3. The highest BCUT2D eigenvalue weighted by molar-refractivity contribution is 7.92. The van der Waals surface area contributed by atoms with Crippen LogP contribution in [0.2, 0.25) is 0 Å². The molecule has 0 bridgehead atoms. The first-order valence-electron chi connectivity index (χ1n) is 10.7. The Morgan fingerprint density at radius 3 is 2.39 bits per heavy atom. The van der Waals surface area contributed by atoms with Crippen molar-refractivity contribution >= 4 is 21.6 Å². The third-order valence-electron chi connectivity index (χ3n) is 4.70. The predicted octanol–water partition coefficient (Wildman–Crippen LogP) is 3.55. The third-order valence-corrected chi connectivity index (χ3v) is 5.31. The van der Waals surface area contributed by atoms with Crippen LogP contribution in [0.3, 0.4) is 0 Å². The molecule has 0 aliphatic heterocycles. The number of nitrogens with one attached hydrogen (secondary N) is 3. The maximum Gasteiger partial charge on any atom is 0.251 e. The Balaban J connectivity index is 1.37. The minimum absolute atomic E-state index is 0.265. The lowest BCUT2D eigenvalue weighted by atomic mass is 10.2. The molecule has 0 spiro atoms. The van der Waals surface area contributed by atoms with E-state index in [-0.39, 0.29) is 5.91 Å². The molecule has 3 rings (SSSR count). The summed E-state index contributed by atoms with van der Waals surface area (Å²) in [5.41, 5.74) is 3.12. The molecule has 0 saturated heterocycles. The van der Waals surface area contributed by atoms with E-state index >= 15 is 0 Å². The van der Waals surface area contributed by atoms with Crippen LogP contribution in [0.4, 0.5) is 5.69 Å². The summed E-state index contributed by atoms with van der Waals surface area (Å²) in [5, 5.41) is 6.25. The van der Waals surface area contributed by atoms with Crippen LogP contribution in [0.1, 0.15) is 27.9 Å². The largest absolute Gasteiger partial charge is 0.494 e. The highest BCUT2D eigenvalue weighted by Gasteiger charge is 2.08. The van der Waals surface area contributed by atoms with E-state index < -0.39 is 10.0 Å². The monoisotopic (exact) mass is 467 g/mol. The van der Waals surface area contributed by atoms with Gasteiger partial charge in [0, 0.05) is 30.9 Å². The van der Waals surface area contributed by atoms with E-state index in [9.17, 15) is 13.2 Å². The molecular weight excluding hydrogens is 438 g/mol. The Bertz CT molecular complexity index is 1150. The van der Waals surface area contributed by atoms with Crippen LogP contribution in [-0.4, -0.2) is 33.7 Å². The first-order valence-corrected chi connectivity index (χ1v) is 12.6. The number of hydrogen-bond donors (Lipinski definition) is 3. The standard InChI is InChI=1S/C25H29N3O4S/c1-33(30,31)28-23-12-6-11-22(17-23)25(29)27-14-7-15-32-24-13-5-10-21(16-24)19-26-18-20-8-3-2-4-9-20/h2-6,8-13,16-17,26,28H,7,14-15,18-19H2,1H3,(H,27,29). The van der Waals surface area contributed by atoms with Crippen molar-refractivity contribution in [3.63, 3.8) is 0 Å². The normalized spacial score (nSPS) is 11.1. The van der Waals surface area contributed by atoms with Crippen LogP contribution in [0.15, 0.2) is 78.9 Å². The van der Waals surface area contributed by atoms with Gasteiger partial charge in [-0.25, -0.2) is 8.42 Å². The molecule has 3 aromatic rings. The Kier molecular flexibility index (Phi) is 8.86. The quantitative estimate of drug-likeness (QED) is 0.354. The zero-order valence-corrected chi connectivity index (χ0v) is 19.4. The smallest absolute Gasteiger partial charge is 0.251 e. The lowest BCUT2D eigenvalue weighted by Crippen LogP contribution is -2.25. The fourth-order valence-electron chi connectivity index (χ4n) is 3.20. The summed E-state index contributed by atoms with van der Waals surface area (Å²) < 4.78 is 30.9. The number of carbonyl (C=O) groups excluding carboxylic acids is 1. The van der Waals surface area contributed by atoms with Crippen LogP contribution >= 0.6 is 0 Å². The lowest BCUT2D eigenvalue weighted by molar-refractivity contribution is 0.0951. The van der Waals surface area contributed by atoms with Gasteiger partial charge in [-0.05, 0) is 47.9 Å². The number of rotatable bonds is 12. The van der Waals surface area contributed by atoms with Gasteiger partial charge < -0.3 is 15.4 Å². The Morgan fingerprint density at radius 2 is 1.61 bits per heavy atom. The summed E-state index contributed by atoms with van der Waals surface area (Å²) in [6.45, 7) is 2.46. The van der Waals surface area contributed by atoms with Gasteiger partial charge in [-0.3, -0.25) is 9.52 Å². The van der Waals surface area contributed by atoms with Gasteiger partial charge in [0.25, 0.3) is 5.91 Å². The average Bonchev–Trinajstić information content (AvgIpc) is 2.79. The van der Waals surface area contributed by atoms with Gasteiger partial charge in [-0.15, -0.1) is 0 Å². The van der Waals surface area contributed by atoms with Crippen molar-refractivity contribution in [3.05, 3.63) is 95.6 Å². The Labute approximate surface area is 195 Å². The van der Waals surface area contributed by atoms with Gasteiger partial charge in [-0.1, -0.05) is 48.5 Å². The van der Waals surface area contributed by atoms with Crippen LogP contribution < -0.4 is 20.1 Å². The fourth-order valence-corrected chi connectivity index (χ4v) is 3.75. The van der Waals surface area contributed by atoms with Crippen LogP contribution in [-0.2, 0) is 23.1 Å². The van der Waals surface area contributed by atoms with E-state index in [1.807, 2.05) is 36.4 Å². The highest BCUT2D eigenvalue weighted by atomic mass is 32.2. The molecule has 7 nitrogen and oxygen atoms in total. The molecular formula is C25H29N3O4S. The maximum absolute atomic E-state index is 12.3. The second-order valence-corrected chi connectivity index (χ2v) is 9.40. The number of ether oxygens (including phenoxy) is 1.